The SMILES string of the molecule is CCNC1CCCC1S(=O)(=O)c1ccccc1F. The van der Waals surface area contributed by atoms with Crippen LogP contribution >= 0.6 is 0 Å². The Morgan fingerprint density at radius 1 is 1.33 bits per heavy atom. The van der Waals surface area contributed by atoms with E-state index in [0.717, 1.165) is 19.4 Å². The Labute approximate surface area is 107 Å². The first kappa shape index (κ1) is 13.5. The summed E-state index contributed by atoms with van der Waals surface area (Å²) >= 11 is 0. The third-order valence-electron chi connectivity index (χ3n) is 3.46. The molecule has 1 aliphatic rings. The van der Waals surface area contributed by atoms with Gasteiger partial charge in [0.05, 0.1) is 5.25 Å². The van der Waals surface area contributed by atoms with Crippen molar-refractivity contribution in [1.82, 2.24) is 5.32 Å². The van der Waals surface area contributed by atoms with Crippen molar-refractivity contribution in [2.24, 2.45) is 0 Å². The normalized spacial score (nSPS) is 24.3. The second-order valence-corrected chi connectivity index (χ2v) is 6.74. The van der Waals surface area contributed by atoms with Crippen molar-refractivity contribution in [3.05, 3.63) is 30.1 Å². The summed E-state index contributed by atoms with van der Waals surface area (Å²) in [5.41, 5.74) is 0. The molecule has 0 amide bonds. The van der Waals surface area contributed by atoms with Crippen LogP contribution < -0.4 is 5.32 Å². The Kier molecular flexibility index (Phi) is 4.02. The summed E-state index contributed by atoms with van der Waals surface area (Å²) in [6.45, 7) is 2.68. The van der Waals surface area contributed by atoms with Crippen LogP contribution in [0.4, 0.5) is 4.39 Å². The molecule has 1 fully saturated rings. The Morgan fingerprint density at radius 3 is 2.72 bits per heavy atom. The number of nitrogens with one attached hydrogen (secondary N) is 1. The van der Waals surface area contributed by atoms with Gasteiger partial charge in [0.2, 0.25) is 0 Å². The van der Waals surface area contributed by atoms with Gasteiger partial charge in [-0.05, 0) is 31.5 Å². The molecule has 2 unspecified atom stereocenters. The van der Waals surface area contributed by atoms with Gasteiger partial charge >= 0.3 is 0 Å². The summed E-state index contributed by atoms with van der Waals surface area (Å²) in [7, 11) is -3.58. The Balaban J connectivity index is 2.34. The molecule has 0 radical (unpaired) electrons. The fraction of sp³-hybridized carbons (Fsp3) is 0.538. The van der Waals surface area contributed by atoms with E-state index >= 15 is 0 Å². The molecule has 100 valence electrons. The van der Waals surface area contributed by atoms with Crippen molar-refractivity contribution in [3.63, 3.8) is 0 Å². The van der Waals surface area contributed by atoms with E-state index in [1.54, 1.807) is 6.07 Å². The number of hydrogen-bond acceptors (Lipinski definition) is 3. The fourth-order valence-corrected chi connectivity index (χ4v) is 4.71. The molecule has 1 aromatic rings. The lowest BCUT2D eigenvalue weighted by molar-refractivity contribution is 0.511. The second-order valence-electron chi connectivity index (χ2n) is 4.61. The molecule has 1 saturated carbocycles. The van der Waals surface area contributed by atoms with Crippen molar-refractivity contribution in [2.45, 2.75) is 42.4 Å². The van der Waals surface area contributed by atoms with E-state index in [1.165, 1.54) is 18.2 Å². The molecule has 2 rings (SSSR count). The lowest BCUT2D eigenvalue weighted by atomic mass is 10.2. The van der Waals surface area contributed by atoms with Gasteiger partial charge in [-0.3, -0.25) is 0 Å². The Bertz CT molecular complexity index is 515. The van der Waals surface area contributed by atoms with Crippen LogP contribution in [-0.4, -0.2) is 26.3 Å². The van der Waals surface area contributed by atoms with Crippen LogP contribution in [0.2, 0.25) is 0 Å². The Hall–Kier alpha value is -0.940. The molecule has 0 heterocycles. The predicted octanol–water partition coefficient (Wildman–Crippen LogP) is 2.13. The van der Waals surface area contributed by atoms with Crippen LogP contribution in [0.5, 0.6) is 0 Å². The zero-order chi connectivity index (χ0) is 13.2. The molecule has 3 nitrogen and oxygen atoms in total. The van der Waals surface area contributed by atoms with E-state index in [4.69, 9.17) is 0 Å². The maximum absolute atomic E-state index is 13.7. The fourth-order valence-electron chi connectivity index (χ4n) is 2.63. The first-order valence-electron chi connectivity index (χ1n) is 6.29. The van der Waals surface area contributed by atoms with Gasteiger partial charge in [-0.1, -0.05) is 25.5 Å². The van der Waals surface area contributed by atoms with E-state index in [9.17, 15) is 12.8 Å². The summed E-state index contributed by atoms with van der Waals surface area (Å²) < 4.78 is 38.6. The average Bonchev–Trinajstić information content (AvgIpc) is 2.79. The highest BCUT2D eigenvalue weighted by atomic mass is 32.2. The molecule has 18 heavy (non-hydrogen) atoms. The maximum atomic E-state index is 13.7. The standard InChI is InChI=1S/C13H18FNO2S/c1-2-15-11-7-5-9-13(11)18(16,17)12-8-4-3-6-10(12)14/h3-4,6,8,11,13,15H,2,5,7,9H2,1H3. The van der Waals surface area contributed by atoms with Crippen molar-refractivity contribution < 1.29 is 12.8 Å². The summed E-state index contributed by atoms with van der Waals surface area (Å²) in [5, 5.41) is 2.68. The van der Waals surface area contributed by atoms with Gasteiger partial charge < -0.3 is 5.32 Å². The minimum absolute atomic E-state index is 0.0559. The van der Waals surface area contributed by atoms with E-state index in [0.29, 0.717) is 6.42 Å². The monoisotopic (exact) mass is 271 g/mol. The van der Waals surface area contributed by atoms with Crippen LogP contribution in [-0.2, 0) is 9.84 Å². The van der Waals surface area contributed by atoms with E-state index in [2.05, 4.69) is 5.32 Å². The van der Waals surface area contributed by atoms with Crippen LogP contribution in [0.25, 0.3) is 0 Å². The molecule has 0 spiro atoms. The van der Waals surface area contributed by atoms with E-state index in [1.807, 2.05) is 6.92 Å². The van der Waals surface area contributed by atoms with Crippen LogP contribution in [0.3, 0.4) is 0 Å². The highest BCUT2D eigenvalue weighted by Gasteiger charge is 2.38. The van der Waals surface area contributed by atoms with Gasteiger partial charge in [0.15, 0.2) is 9.84 Å². The van der Waals surface area contributed by atoms with Gasteiger partial charge in [-0.25, -0.2) is 12.8 Å². The van der Waals surface area contributed by atoms with Gasteiger partial charge in [0.25, 0.3) is 0 Å². The smallest absolute Gasteiger partial charge is 0.185 e. The quantitative estimate of drug-likeness (QED) is 0.912. The zero-order valence-electron chi connectivity index (χ0n) is 10.4. The number of halogens is 1. The van der Waals surface area contributed by atoms with Gasteiger partial charge in [0, 0.05) is 6.04 Å². The van der Waals surface area contributed by atoms with Crippen molar-refractivity contribution in [1.29, 1.82) is 0 Å². The molecule has 1 aliphatic carbocycles. The number of sulfone groups is 1. The molecular weight excluding hydrogens is 253 g/mol. The molecule has 0 saturated heterocycles. The first-order chi connectivity index (χ1) is 8.57. The summed E-state index contributed by atoms with van der Waals surface area (Å²) in [6.07, 6.45) is 2.32. The minimum atomic E-state index is -3.58. The third kappa shape index (κ3) is 2.42. The lowest BCUT2D eigenvalue weighted by Crippen LogP contribution is -2.40. The van der Waals surface area contributed by atoms with Gasteiger partial charge in [-0.2, -0.15) is 0 Å². The van der Waals surface area contributed by atoms with E-state index in [-0.39, 0.29) is 10.9 Å². The number of benzene rings is 1. The van der Waals surface area contributed by atoms with Crippen molar-refractivity contribution in [3.8, 4) is 0 Å². The van der Waals surface area contributed by atoms with Crippen LogP contribution in [0.1, 0.15) is 26.2 Å². The van der Waals surface area contributed by atoms with E-state index < -0.39 is 20.9 Å². The molecule has 0 bridgehead atoms. The minimum Gasteiger partial charge on any atom is -0.313 e. The van der Waals surface area contributed by atoms with Crippen molar-refractivity contribution >= 4 is 9.84 Å². The second kappa shape index (κ2) is 5.36. The molecular formula is C13H18FNO2S. The summed E-state index contributed by atoms with van der Waals surface area (Å²) in [5.74, 6) is -0.653. The topological polar surface area (TPSA) is 46.2 Å². The lowest BCUT2D eigenvalue weighted by Gasteiger charge is -2.20. The van der Waals surface area contributed by atoms with Gasteiger partial charge in [0.1, 0.15) is 10.7 Å². The molecule has 1 aromatic carbocycles. The highest BCUT2D eigenvalue weighted by Crippen LogP contribution is 2.31. The largest absolute Gasteiger partial charge is 0.313 e. The number of rotatable bonds is 4. The van der Waals surface area contributed by atoms with Crippen molar-refractivity contribution in [2.75, 3.05) is 6.54 Å². The molecule has 5 heteroatoms. The first-order valence-corrected chi connectivity index (χ1v) is 7.83. The summed E-state index contributed by atoms with van der Waals surface area (Å²) in [6, 6.07) is 5.56. The Morgan fingerprint density at radius 2 is 2.06 bits per heavy atom. The average molecular weight is 271 g/mol. The maximum Gasteiger partial charge on any atom is 0.185 e. The van der Waals surface area contributed by atoms with Crippen LogP contribution in [0.15, 0.2) is 29.2 Å². The molecule has 2 atom stereocenters. The van der Waals surface area contributed by atoms with Gasteiger partial charge in [-0.15, -0.1) is 0 Å². The third-order valence-corrected chi connectivity index (χ3v) is 5.77. The predicted molar refractivity (Wildman–Crippen MR) is 68.7 cm³/mol. The highest BCUT2D eigenvalue weighted by molar-refractivity contribution is 7.92. The molecule has 0 aliphatic heterocycles. The van der Waals surface area contributed by atoms with Crippen LogP contribution in [0, 0.1) is 5.82 Å². The molecule has 1 N–H and O–H groups in total. The molecule has 0 aromatic heterocycles. The zero-order valence-corrected chi connectivity index (χ0v) is 11.2. The summed E-state index contributed by atoms with van der Waals surface area (Å²) in [4.78, 5) is -0.167. The number of hydrogen-bond donors (Lipinski definition) is 1.